The third kappa shape index (κ3) is 3.47. The molecule has 27 heavy (non-hydrogen) atoms. The van der Waals surface area contributed by atoms with E-state index in [1.807, 2.05) is 13.0 Å². The minimum atomic E-state index is -0.990. The minimum Gasteiger partial charge on any atom is -0.493 e. The van der Waals surface area contributed by atoms with Crippen molar-refractivity contribution in [2.75, 3.05) is 20.8 Å². The number of benzene rings is 1. The van der Waals surface area contributed by atoms with Crippen LogP contribution in [0.3, 0.4) is 0 Å². The van der Waals surface area contributed by atoms with Crippen LogP contribution in [-0.2, 0) is 17.6 Å². The molecule has 0 saturated heterocycles. The molecule has 1 aromatic carbocycles. The predicted molar refractivity (Wildman–Crippen MR) is 95.2 cm³/mol. The summed E-state index contributed by atoms with van der Waals surface area (Å²) in [6, 6.07) is 2.98. The van der Waals surface area contributed by atoms with Gasteiger partial charge in [-0.25, -0.2) is 4.98 Å². The van der Waals surface area contributed by atoms with Crippen LogP contribution in [0.4, 0.5) is 0 Å². The molecule has 2 aromatic rings. The molecule has 1 aliphatic heterocycles. The molecule has 1 amide bonds. The third-order valence-corrected chi connectivity index (χ3v) is 4.80. The molecule has 1 atom stereocenters. The number of carbonyl (C=O) groups is 2. The van der Waals surface area contributed by atoms with Crippen LogP contribution in [0.25, 0.3) is 0 Å². The second-order valence-electron chi connectivity index (χ2n) is 6.25. The Balaban J connectivity index is 2.04. The minimum absolute atomic E-state index is 0.215. The highest BCUT2D eigenvalue weighted by atomic mass is 16.5. The first-order valence-corrected chi connectivity index (χ1v) is 8.70. The first-order chi connectivity index (χ1) is 13.0. The number of rotatable bonds is 6. The van der Waals surface area contributed by atoms with E-state index in [1.54, 1.807) is 18.1 Å². The molecular weight excluding hydrogens is 352 g/mol. The van der Waals surface area contributed by atoms with Crippen molar-refractivity contribution in [1.82, 2.24) is 9.88 Å². The van der Waals surface area contributed by atoms with Crippen molar-refractivity contribution >= 4 is 11.9 Å². The highest BCUT2D eigenvalue weighted by Gasteiger charge is 2.35. The molecular formula is C19H22N2O6. The average molecular weight is 374 g/mol. The number of nitrogens with zero attached hydrogens (tertiary/aromatic N) is 2. The molecule has 3 rings (SSSR count). The summed E-state index contributed by atoms with van der Waals surface area (Å²) in [6.45, 7) is 2.25. The average Bonchev–Trinajstić information content (AvgIpc) is 3.15. The van der Waals surface area contributed by atoms with E-state index in [0.717, 1.165) is 11.1 Å². The molecule has 0 spiro atoms. The Bertz CT molecular complexity index is 860. The van der Waals surface area contributed by atoms with Crippen LogP contribution >= 0.6 is 0 Å². The summed E-state index contributed by atoms with van der Waals surface area (Å²) in [5, 5.41) is 9.42. The largest absolute Gasteiger partial charge is 0.493 e. The highest BCUT2D eigenvalue weighted by Crippen LogP contribution is 2.40. The molecule has 1 aliphatic rings. The summed E-state index contributed by atoms with van der Waals surface area (Å²) in [6.07, 6.45) is 2.13. The van der Waals surface area contributed by atoms with Crippen molar-refractivity contribution < 1.29 is 28.6 Å². The normalized spacial score (nSPS) is 16.0. The van der Waals surface area contributed by atoms with Crippen molar-refractivity contribution in [2.45, 2.75) is 32.2 Å². The maximum atomic E-state index is 13.1. The Hall–Kier alpha value is -3.03. The Kier molecular flexibility index (Phi) is 5.34. The second-order valence-corrected chi connectivity index (χ2v) is 6.25. The van der Waals surface area contributed by atoms with Crippen LogP contribution in [0.1, 0.15) is 46.8 Å². The van der Waals surface area contributed by atoms with Gasteiger partial charge in [-0.15, -0.1) is 0 Å². The molecule has 0 saturated carbocycles. The van der Waals surface area contributed by atoms with Gasteiger partial charge in [0.05, 0.1) is 26.7 Å². The van der Waals surface area contributed by atoms with Crippen LogP contribution in [-0.4, -0.2) is 47.6 Å². The Morgan fingerprint density at radius 3 is 2.63 bits per heavy atom. The number of oxazole rings is 1. The zero-order valence-electron chi connectivity index (χ0n) is 15.5. The summed E-state index contributed by atoms with van der Waals surface area (Å²) < 4.78 is 16.0. The number of hydrogen-bond acceptors (Lipinski definition) is 6. The molecule has 0 radical (unpaired) electrons. The van der Waals surface area contributed by atoms with Gasteiger partial charge in [-0.2, -0.15) is 0 Å². The smallest absolute Gasteiger partial charge is 0.305 e. The van der Waals surface area contributed by atoms with Gasteiger partial charge in [0.25, 0.3) is 5.91 Å². The van der Waals surface area contributed by atoms with E-state index in [-0.39, 0.29) is 18.0 Å². The van der Waals surface area contributed by atoms with Gasteiger partial charge in [0.1, 0.15) is 5.76 Å². The van der Waals surface area contributed by atoms with Crippen molar-refractivity contribution in [3.05, 3.63) is 41.1 Å². The number of carbonyl (C=O) groups excluding carboxylic acids is 1. The number of fused-ring (bicyclic) bond motifs is 1. The van der Waals surface area contributed by atoms with E-state index in [9.17, 15) is 14.7 Å². The summed E-state index contributed by atoms with van der Waals surface area (Å²) in [4.78, 5) is 30.2. The molecule has 0 aliphatic carbocycles. The monoisotopic (exact) mass is 374 g/mol. The number of ether oxygens (including phenoxy) is 2. The summed E-state index contributed by atoms with van der Waals surface area (Å²) in [5.74, 6) is 0.252. The zero-order valence-corrected chi connectivity index (χ0v) is 15.5. The maximum absolute atomic E-state index is 13.1. The molecule has 2 heterocycles. The van der Waals surface area contributed by atoms with E-state index in [2.05, 4.69) is 4.98 Å². The number of carboxylic acid groups (broad SMARTS) is 1. The van der Waals surface area contributed by atoms with Crippen LogP contribution in [0.5, 0.6) is 11.5 Å². The fourth-order valence-electron chi connectivity index (χ4n) is 3.49. The lowest BCUT2D eigenvalue weighted by molar-refractivity contribution is -0.138. The SMILES string of the molecule is CCc1ocnc1C(=O)N1CCc2cc(OC)c(OC)cc2C1CC(=O)O. The molecule has 8 heteroatoms. The van der Waals surface area contributed by atoms with Gasteiger partial charge in [0.15, 0.2) is 23.6 Å². The van der Waals surface area contributed by atoms with E-state index >= 15 is 0 Å². The summed E-state index contributed by atoms with van der Waals surface area (Å²) in [5.41, 5.74) is 1.92. The second kappa shape index (κ2) is 7.69. The topological polar surface area (TPSA) is 102 Å². The molecule has 1 aromatic heterocycles. The number of carboxylic acids is 1. The van der Waals surface area contributed by atoms with Gasteiger partial charge in [0, 0.05) is 13.0 Å². The fourth-order valence-corrected chi connectivity index (χ4v) is 3.49. The molecule has 1 unspecified atom stereocenters. The number of aliphatic carboxylic acids is 1. The van der Waals surface area contributed by atoms with Crippen LogP contribution in [0, 0.1) is 0 Å². The quantitative estimate of drug-likeness (QED) is 0.828. The molecule has 0 fully saturated rings. The number of aromatic nitrogens is 1. The van der Waals surface area contributed by atoms with Crippen molar-refractivity contribution in [3.63, 3.8) is 0 Å². The van der Waals surface area contributed by atoms with Gasteiger partial charge < -0.3 is 23.9 Å². The van der Waals surface area contributed by atoms with Crippen LogP contribution in [0.15, 0.2) is 22.9 Å². The summed E-state index contributed by atoms with van der Waals surface area (Å²) in [7, 11) is 3.07. The molecule has 1 N–H and O–H groups in total. The maximum Gasteiger partial charge on any atom is 0.305 e. The van der Waals surface area contributed by atoms with E-state index in [1.165, 1.54) is 13.5 Å². The van der Waals surface area contributed by atoms with Gasteiger partial charge >= 0.3 is 5.97 Å². The van der Waals surface area contributed by atoms with Crippen molar-refractivity contribution in [2.24, 2.45) is 0 Å². The van der Waals surface area contributed by atoms with Crippen LogP contribution < -0.4 is 9.47 Å². The number of methoxy groups -OCH3 is 2. The van der Waals surface area contributed by atoms with E-state index < -0.39 is 12.0 Å². The first kappa shape index (κ1) is 18.8. The lowest BCUT2D eigenvalue weighted by atomic mass is 9.89. The van der Waals surface area contributed by atoms with Gasteiger partial charge in [-0.05, 0) is 29.7 Å². The summed E-state index contributed by atoms with van der Waals surface area (Å²) >= 11 is 0. The van der Waals surface area contributed by atoms with Crippen LogP contribution in [0.2, 0.25) is 0 Å². The highest BCUT2D eigenvalue weighted by molar-refractivity contribution is 5.94. The number of amides is 1. The number of aryl methyl sites for hydroxylation is 1. The van der Waals surface area contributed by atoms with E-state index in [0.29, 0.717) is 36.6 Å². The lowest BCUT2D eigenvalue weighted by Gasteiger charge is -2.36. The van der Waals surface area contributed by atoms with E-state index in [4.69, 9.17) is 13.9 Å². The molecule has 144 valence electrons. The first-order valence-electron chi connectivity index (χ1n) is 8.70. The van der Waals surface area contributed by atoms with Gasteiger partial charge in [-0.3, -0.25) is 9.59 Å². The molecule has 0 bridgehead atoms. The predicted octanol–water partition coefficient (Wildman–Crippen LogP) is 2.47. The third-order valence-electron chi connectivity index (χ3n) is 4.80. The van der Waals surface area contributed by atoms with Crippen molar-refractivity contribution in [3.8, 4) is 11.5 Å². The zero-order chi connectivity index (χ0) is 19.6. The Morgan fingerprint density at radius 2 is 2.00 bits per heavy atom. The number of hydrogen-bond donors (Lipinski definition) is 1. The molecule has 8 nitrogen and oxygen atoms in total. The Labute approximate surface area is 156 Å². The van der Waals surface area contributed by atoms with Gasteiger partial charge in [-0.1, -0.05) is 6.92 Å². The Morgan fingerprint density at radius 1 is 1.30 bits per heavy atom. The lowest BCUT2D eigenvalue weighted by Crippen LogP contribution is -2.41. The van der Waals surface area contributed by atoms with Crippen molar-refractivity contribution in [1.29, 1.82) is 0 Å². The fraction of sp³-hybridized carbons (Fsp3) is 0.421. The van der Waals surface area contributed by atoms with Gasteiger partial charge in [0.2, 0.25) is 0 Å². The standard InChI is InChI=1S/C19H22N2O6/c1-4-14-18(20-10-27-14)19(24)21-6-5-11-7-15(25-2)16(26-3)8-12(11)13(21)9-17(22)23/h7-8,10,13H,4-6,9H2,1-3H3,(H,22,23).